The zero-order valence-corrected chi connectivity index (χ0v) is 22.0. The number of halogens is 1. The van der Waals surface area contributed by atoms with Crippen LogP contribution in [-0.2, 0) is 27.2 Å². The van der Waals surface area contributed by atoms with Gasteiger partial charge < -0.3 is 14.5 Å². The summed E-state index contributed by atoms with van der Waals surface area (Å²) in [6.45, 7) is 6.82. The first-order valence-corrected chi connectivity index (χ1v) is 13.8. The number of amides is 1. The predicted octanol–water partition coefficient (Wildman–Crippen LogP) is 6.16. The predicted molar refractivity (Wildman–Crippen MR) is 142 cm³/mol. The zero-order valence-electron chi connectivity index (χ0n) is 21.3. The van der Waals surface area contributed by atoms with Gasteiger partial charge in [-0.05, 0) is 80.3 Å². The summed E-state index contributed by atoms with van der Waals surface area (Å²) in [5.41, 5.74) is 3.29. The van der Waals surface area contributed by atoms with Crippen molar-refractivity contribution < 1.29 is 9.53 Å². The number of likely N-dealkylation sites (N-methyl/N-ethyl adjacent to an activating group) is 1. The largest absolute Gasteiger partial charge is 0.365 e. The number of nitrogens with zero attached hydrogens (tertiary/aromatic N) is 2. The third-order valence-corrected chi connectivity index (χ3v) is 9.30. The Balaban J connectivity index is 1.17. The van der Waals surface area contributed by atoms with Crippen LogP contribution in [0.25, 0.3) is 0 Å². The first kappa shape index (κ1) is 24.8. The summed E-state index contributed by atoms with van der Waals surface area (Å²) in [5, 5.41) is 0.720. The van der Waals surface area contributed by atoms with Gasteiger partial charge in [-0.2, -0.15) is 0 Å². The van der Waals surface area contributed by atoms with Crippen LogP contribution in [0.15, 0.2) is 48.5 Å². The molecule has 1 atom stereocenters. The van der Waals surface area contributed by atoms with Crippen LogP contribution >= 0.6 is 11.6 Å². The minimum atomic E-state index is -0.486. The van der Waals surface area contributed by atoms with Crippen molar-refractivity contribution >= 4 is 17.5 Å². The number of carbonyl (C=O) groups is 1. The number of fused-ring (bicyclic) bond motifs is 2. The fourth-order valence-corrected chi connectivity index (χ4v) is 6.92. The molecule has 1 aliphatic carbocycles. The van der Waals surface area contributed by atoms with E-state index in [2.05, 4.69) is 48.2 Å². The van der Waals surface area contributed by atoms with Crippen LogP contribution in [0.3, 0.4) is 0 Å². The lowest BCUT2D eigenvalue weighted by molar-refractivity contribution is -0.137. The maximum absolute atomic E-state index is 13.9. The molecule has 1 saturated carbocycles. The SMILES string of the molecule is CN(CCCN1CCC2(CC1)OCc1ccccc12)C(=O)C(C)(c1ccc(Cl)cc1)C1CCCC1. The lowest BCUT2D eigenvalue weighted by Crippen LogP contribution is -2.48. The van der Waals surface area contributed by atoms with Gasteiger partial charge in [-0.3, -0.25) is 4.79 Å². The van der Waals surface area contributed by atoms with Gasteiger partial charge in [0.2, 0.25) is 5.91 Å². The first-order valence-electron chi connectivity index (χ1n) is 13.4. The summed E-state index contributed by atoms with van der Waals surface area (Å²) in [7, 11) is 1.99. The number of benzene rings is 2. The van der Waals surface area contributed by atoms with E-state index in [-0.39, 0.29) is 11.5 Å². The number of ether oxygens (including phenoxy) is 1. The second-order valence-corrected chi connectivity index (χ2v) is 11.5. The van der Waals surface area contributed by atoms with Crippen molar-refractivity contribution in [1.82, 2.24) is 9.80 Å². The van der Waals surface area contributed by atoms with Gasteiger partial charge in [0.25, 0.3) is 0 Å². The molecule has 0 bridgehead atoms. The van der Waals surface area contributed by atoms with E-state index in [4.69, 9.17) is 16.3 Å². The number of hydrogen-bond donors (Lipinski definition) is 0. The molecule has 0 aromatic heterocycles. The van der Waals surface area contributed by atoms with Crippen LogP contribution in [0, 0.1) is 5.92 Å². The molecule has 1 spiro atoms. The highest BCUT2D eigenvalue weighted by molar-refractivity contribution is 6.30. The number of carbonyl (C=O) groups excluding carboxylic acids is 1. The minimum absolute atomic E-state index is 0.0818. The van der Waals surface area contributed by atoms with Crippen molar-refractivity contribution in [2.75, 3.05) is 33.2 Å². The molecule has 1 amide bonds. The second-order valence-electron chi connectivity index (χ2n) is 11.1. The van der Waals surface area contributed by atoms with Crippen molar-refractivity contribution in [3.05, 3.63) is 70.2 Å². The molecule has 35 heavy (non-hydrogen) atoms. The van der Waals surface area contributed by atoms with Gasteiger partial charge in [0, 0.05) is 31.7 Å². The topological polar surface area (TPSA) is 32.8 Å². The van der Waals surface area contributed by atoms with Gasteiger partial charge in [-0.15, -0.1) is 0 Å². The summed E-state index contributed by atoms with van der Waals surface area (Å²) >= 11 is 6.16. The van der Waals surface area contributed by atoms with Crippen molar-refractivity contribution in [1.29, 1.82) is 0 Å². The fraction of sp³-hybridized carbons (Fsp3) is 0.567. The smallest absolute Gasteiger partial charge is 0.232 e. The molecule has 1 unspecified atom stereocenters. The molecule has 2 aromatic rings. The Bertz CT molecular complexity index is 1020. The molecule has 1 saturated heterocycles. The Morgan fingerprint density at radius 2 is 1.80 bits per heavy atom. The van der Waals surface area contributed by atoms with E-state index in [0.29, 0.717) is 5.92 Å². The molecule has 2 aliphatic heterocycles. The molecule has 3 aliphatic rings. The second kappa shape index (κ2) is 10.2. The summed E-state index contributed by atoms with van der Waals surface area (Å²) in [6, 6.07) is 16.7. The molecule has 2 fully saturated rings. The molecular weight excluding hydrogens is 456 g/mol. The van der Waals surface area contributed by atoms with E-state index < -0.39 is 5.41 Å². The number of piperidine rings is 1. The van der Waals surface area contributed by atoms with E-state index in [1.165, 1.54) is 24.0 Å². The van der Waals surface area contributed by atoms with E-state index in [1.807, 2.05) is 24.1 Å². The van der Waals surface area contributed by atoms with Crippen molar-refractivity contribution in [3.8, 4) is 0 Å². The zero-order chi connectivity index (χ0) is 24.5. The van der Waals surface area contributed by atoms with Gasteiger partial charge >= 0.3 is 0 Å². The highest BCUT2D eigenvalue weighted by Gasteiger charge is 2.45. The van der Waals surface area contributed by atoms with Crippen LogP contribution in [0.5, 0.6) is 0 Å². The molecular formula is C30H39ClN2O2. The van der Waals surface area contributed by atoms with Crippen LogP contribution < -0.4 is 0 Å². The van der Waals surface area contributed by atoms with Crippen molar-refractivity contribution in [3.63, 3.8) is 0 Å². The third kappa shape index (κ3) is 4.77. The average molecular weight is 495 g/mol. The van der Waals surface area contributed by atoms with Gasteiger partial charge in [0.15, 0.2) is 0 Å². The van der Waals surface area contributed by atoms with Gasteiger partial charge in [0.05, 0.1) is 17.6 Å². The number of rotatable bonds is 7. The lowest BCUT2D eigenvalue weighted by Gasteiger charge is -2.40. The van der Waals surface area contributed by atoms with Crippen LogP contribution in [-0.4, -0.2) is 48.9 Å². The molecule has 5 rings (SSSR count). The fourth-order valence-electron chi connectivity index (χ4n) is 6.80. The highest BCUT2D eigenvalue weighted by atomic mass is 35.5. The Hall–Kier alpha value is -1.88. The molecule has 4 nitrogen and oxygen atoms in total. The van der Waals surface area contributed by atoms with E-state index in [9.17, 15) is 4.79 Å². The Morgan fingerprint density at radius 1 is 1.11 bits per heavy atom. The van der Waals surface area contributed by atoms with E-state index in [1.54, 1.807) is 0 Å². The first-order chi connectivity index (χ1) is 16.9. The molecule has 0 radical (unpaired) electrons. The lowest BCUT2D eigenvalue weighted by atomic mass is 9.70. The van der Waals surface area contributed by atoms with Crippen molar-refractivity contribution in [2.24, 2.45) is 5.92 Å². The molecule has 188 valence electrons. The van der Waals surface area contributed by atoms with Gasteiger partial charge in [0.1, 0.15) is 0 Å². The van der Waals surface area contributed by atoms with Crippen LogP contribution in [0.4, 0.5) is 0 Å². The monoisotopic (exact) mass is 494 g/mol. The average Bonchev–Trinajstić information content (AvgIpc) is 3.55. The number of likely N-dealkylation sites (tertiary alicyclic amines) is 1. The minimum Gasteiger partial charge on any atom is -0.365 e. The Kier molecular flexibility index (Phi) is 7.25. The summed E-state index contributed by atoms with van der Waals surface area (Å²) in [6.07, 6.45) is 7.78. The number of hydrogen-bond acceptors (Lipinski definition) is 3. The van der Waals surface area contributed by atoms with Gasteiger partial charge in [-0.1, -0.05) is 60.8 Å². The standard InChI is InChI=1S/C30H39ClN2O2/c1-29(24-9-4-5-10-24,25-12-14-26(31)15-13-25)28(34)32(2)18-7-19-33-20-16-30(17-21-33)27-11-6-3-8-23(27)22-35-30/h3,6,8,11-15,24H,4-5,7,9-10,16-22H2,1-2H3. The summed E-state index contributed by atoms with van der Waals surface area (Å²) in [4.78, 5) is 18.4. The summed E-state index contributed by atoms with van der Waals surface area (Å²) < 4.78 is 6.32. The quantitative estimate of drug-likeness (QED) is 0.462. The molecule has 2 heterocycles. The highest BCUT2D eigenvalue weighted by Crippen LogP contribution is 2.45. The maximum Gasteiger partial charge on any atom is 0.232 e. The molecule has 2 aromatic carbocycles. The Labute approximate surface area is 215 Å². The van der Waals surface area contributed by atoms with E-state index >= 15 is 0 Å². The van der Waals surface area contributed by atoms with Crippen LogP contribution in [0.2, 0.25) is 5.02 Å². The molecule has 0 N–H and O–H groups in total. The maximum atomic E-state index is 13.9. The third-order valence-electron chi connectivity index (χ3n) is 9.05. The van der Waals surface area contributed by atoms with Crippen LogP contribution in [0.1, 0.15) is 68.6 Å². The Morgan fingerprint density at radius 3 is 2.51 bits per heavy atom. The molecule has 5 heteroatoms. The van der Waals surface area contributed by atoms with E-state index in [0.717, 1.165) is 75.5 Å². The summed E-state index contributed by atoms with van der Waals surface area (Å²) in [5.74, 6) is 0.645. The normalized spacial score (nSPS) is 21.7. The van der Waals surface area contributed by atoms with Crippen molar-refractivity contribution in [2.45, 2.75) is 69.5 Å². The van der Waals surface area contributed by atoms with Gasteiger partial charge in [-0.25, -0.2) is 0 Å².